The maximum Gasteiger partial charge on any atom is 0.348 e. The normalized spacial score (nSPS) is 15.0. The molecule has 1 aliphatic rings. The Kier molecular flexibility index (Phi) is 6.24. The van der Waals surface area contributed by atoms with Gasteiger partial charge in [-0.1, -0.05) is 30.3 Å². The highest BCUT2D eigenvalue weighted by Gasteiger charge is 2.24. The molecule has 0 spiro atoms. The Morgan fingerprint density at radius 1 is 1.14 bits per heavy atom. The number of carbonyl (C=O) groups is 1. The van der Waals surface area contributed by atoms with Crippen molar-refractivity contribution < 1.29 is 4.79 Å². The summed E-state index contributed by atoms with van der Waals surface area (Å²) < 4.78 is 1.67. The number of rotatable bonds is 7. The Hall–Kier alpha value is -2.67. The highest BCUT2D eigenvalue weighted by atomic mass is 32.1. The van der Waals surface area contributed by atoms with Crippen molar-refractivity contribution >= 4 is 17.2 Å². The predicted molar refractivity (Wildman–Crippen MR) is 114 cm³/mol. The molecule has 3 heterocycles. The summed E-state index contributed by atoms with van der Waals surface area (Å²) in [5.74, 6) is 1.48. The molecule has 0 atom stereocenters. The third kappa shape index (κ3) is 4.85. The summed E-state index contributed by atoms with van der Waals surface area (Å²) >= 11 is 1.53. The van der Waals surface area contributed by atoms with Crippen LogP contribution in [-0.4, -0.2) is 38.7 Å². The van der Waals surface area contributed by atoms with Gasteiger partial charge in [-0.25, -0.2) is 14.5 Å². The lowest BCUT2D eigenvalue weighted by Crippen LogP contribution is -2.39. The molecule has 0 unspecified atom stereocenters. The lowest BCUT2D eigenvalue weighted by molar-refractivity contribution is -0.132. The van der Waals surface area contributed by atoms with Crippen LogP contribution in [0.3, 0.4) is 0 Å². The number of carbonyl (C=O) groups excluding carboxylic acids is 1. The maximum atomic E-state index is 12.5. The molecule has 0 bridgehead atoms. The number of aromatic amines is 1. The lowest BCUT2D eigenvalue weighted by Gasteiger charge is -2.32. The third-order valence-electron chi connectivity index (χ3n) is 5.61. The summed E-state index contributed by atoms with van der Waals surface area (Å²) in [6.07, 6.45) is 5.11. The smallest absolute Gasteiger partial charge is 0.343 e. The van der Waals surface area contributed by atoms with Crippen molar-refractivity contribution in [1.29, 1.82) is 0 Å². The molecule has 1 fully saturated rings. The number of nitrogens with zero attached hydrogens (tertiary/aromatic N) is 3. The van der Waals surface area contributed by atoms with Crippen molar-refractivity contribution in [3.05, 3.63) is 69.7 Å². The molecular weight excluding hydrogens is 384 g/mol. The van der Waals surface area contributed by atoms with E-state index in [1.54, 1.807) is 4.57 Å². The van der Waals surface area contributed by atoms with Crippen molar-refractivity contribution in [3.8, 4) is 5.00 Å². The van der Waals surface area contributed by atoms with Crippen LogP contribution in [0.2, 0.25) is 0 Å². The molecule has 1 saturated heterocycles. The Morgan fingerprint density at radius 3 is 2.66 bits per heavy atom. The molecule has 1 N–H and O–H groups in total. The van der Waals surface area contributed by atoms with Gasteiger partial charge in [0, 0.05) is 25.9 Å². The molecule has 6 nitrogen and oxygen atoms in total. The zero-order chi connectivity index (χ0) is 20.1. The van der Waals surface area contributed by atoms with E-state index in [1.165, 1.54) is 16.9 Å². The number of H-pyrrole nitrogens is 1. The van der Waals surface area contributed by atoms with E-state index in [-0.39, 0.29) is 11.6 Å². The lowest BCUT2D eigenvalue weighted by atomic mass is 9.93. The van der Waals surface area contributed by atoms with Gasteiger partial charge >= 0.3 is 5.69 Å². The fraction of sp³-hybridized carbons (Fsp3) is 0.409. The highest BCUT2D eigenvalue weighted by Crippen LogP contribution is 2.23. The first kappa shape index (κ1) is 19.6. The Labute approximate surface area is 174 Å². The average Bonchev–Trinajstić information content (AvgIpc) is 3.39. The van der Waals surface area contributed by atoms with E-state index in [2.05, 4.69) is 22.3 Å². The number of benzene rings is 1. The van der Waals surface area contributed by atoms with Gasteiger partial charge in [-0.2, -0.15) is 5.10 Å². The number of nitrogens with one attached hydrogen (secondary N) is 1. The van der Waals surface area contributed by atoms with E-state index in [9.17, 15) is 9.59 Å². The van der Waals surface area contributed by atoms with Crippen LogP contribution in [0.5, 0.6) is 0 Å². The molecule has 7 heteroatoms. The number of likely N-dealkylation sites (tertiary alicyclic amines) is 1. The van der Waals surface area contributed by atoms with Crippen molar-refractivity contribution in [1.82, 2.24) is 19.7 Å². The number of hydrogen-bond donors (Lipinski definition) is 1. The summed E-state index contributed by atoms with van der Waals surface area (Å²) in [5.41, 5.74) is 1.10. The van der Waals surface area contributed by atoms with Gasteiger partial charge < -0.3 is 4.90 Å². The fourth-order valence-electron chi connectivity index (χ4n) is 3.98. The minimum Gasteiger partial charge on any atom is -0.343 e. The molecule has 2 aromatic heterocycles. The van der Waals surface area contributed by atoms with E-state index >= 15 is 0 Å². The zero-order valence-electron chi connectivity index (χ0n) is 16.4. The van der Waals surface area contributed by atoms with E-state index in [1.807, 2.05) is 40.6 Å². The topological polar surface area (TPSA) is 71.0 Å². The first-order valence-electron chi connectivity index (χ1n) is 10.2. The molecule has 152 valence electrons. The largest absolute Gasteiger partial charge is 0.348 e. The van der Waals surface area contributed by atoms with Crippen LogP contribution in [0.25, 0.3) is 5.00 Å². The molecule has 0 saturated carbocycles. The van der Waals surface area contributed by atoms with Gasteiger partial charge in [0.05, 0.1) is 0 Å². The molecule has 1 amide bonds. The van der Waals surface area contributed by atoms with Crippen LogP contribution < -0.4 is 5.69 Å². The van der Waals surface area contributed by atoms with Crippen molar-refractivity contribution in [2.24, 2.45) is 5.92 Å². The van der Waals surface area contributed by atoms with Gasteiger partial charge in [-0.05, 0) is 54.7 Å². The Morgan fingerprint density at radius 2 is 1.93 bits per heavy atom. The van der Waals surface area contributed by atoms with E-state index in [0.717, 1.165) is 56.0 Å². The Bertz CT molecular complexity index is 970. The number of aryl methyl sites for hydroxylation is 1. The van der Waals surface area contributed by atoms with Crippen LogP contribution in [0, 0.1) is 5.92 Å². The van der Waals surface area contributed by atoms with E-state index in [0.29, 0.717) is 12.3 Å². The average molecular weight is 411 g/mol. The maximum absolute atomic E-state index is 12.5. The first-order chi connectivity index (χ1) is 14.2. The van der Waals surface area contributed by atoms with Crippen molar-refractivity contribution in [2.45, 2.75) is 38.5 Å². The van der Waals surface area contributed by atoms with Gasteiger partial charge in [0.2, 0.25) is 5.91 Å². The SMILES string of the molecule is O=C(CCCc1ccccc1)N1CCC(Cc2n[nH]c(=O)n2-c2cccs2)CC1. The summed E-state index contributed by atoms with van der Waals surface area (Å²) in [4.78, 5) is 26.7. The van der Waals surface area contributed by atoms with Crippen molar-refractivity contribution in [2.75, 3.05) is 13.1 Å². The van der Waals surface area contributed by atoms with Crippen LogP contribution in [0.4, 0.5) is 0 Å². The second kappa shape index (κ2) is 9.22. The van der Waals surface area contributed by atoms with Gasteiger partial charge in [-0.15, -0.1) is 11.3 Å². The summed E-state index contributed by atoms with van der Waals surface area (Å²) in [7, 11) is 0. The summed E-state index contributed by atoms with van der Waals surface area (Å²) in [6, 6.07) is 14.2. The quantitative estimate of drug-likeness (QED) is 0.649. The van der Waals surface area contributed by atoms with Crippen molar-refractivity contribution in [3.63, 3.8) is 0 Å². The molecule has 0 radical (unpaired) electrons. The summed E-state index contributed by atoms with van der Waals surface area (Å²) in [6.45, 7) is 1.59. The van der Waals surface area contributed by atoms with Crippen LogP contribution >= 0.6 is 11.3 Å². The van der Waals surface area contributed by atoms with E-state index in [4.69, 9.17) is 0 Å². The Balaban J connectivity index is 1.26. The second-order valence-corrected chi connectivity index (χ2v) is 8.53. The molecule has 3 aromatic rings. The monoisotopic (exact) mass is 410 g/mol. The molecule has 4 rings (SSSR count). The fourth-order valence-corrected chi connectivity index (χ4v) is 4.73. The third-order valence-corrected chi connectivity index (χ3v) is 6.46. The highest BCUT2D eigenvalue weighted by molar-refractivity contribution is 7.12. The summed E-state index contributed by atoms with van der Waals surface area (Å²) in [5, 5.41) is 9.67. The molecule has 1 aromatic carbocycles. The second-order valence-electron chi connectivity index (χ2n) is 7.60. The zero-order valence-corrected chi connectivity index (χ0v) is 17.2. The molecule has 29 heavy (non-hydrogen) atoms. The number of piperidine rings is 1. The molecule has 1 aliphatic heterocycles. The van der Waals surface area contributed by atoms with Gasteiger partial charge in [0.15, 0.2) is 0 Å². The molecular formula is C22H26N4O2S. The number of aromatic nitrogens is 3. The van der Waals surface area contributed by atoms with Gasteiger partial charge in [-0.3, -0.25) is 4.79 Å². The predicted octanol–water partition coefficient (Wildman–Crippen LogP) is 3.43. The van der Waals surface area contributed by atoms with Crippen LogP contribution in [0.15, 0.2) is 52.6 Å². The minimum atomic E-state index is -0.187. The number of hydrogen-bond acceptors (Lipinski definition) is 4. The van der Waals surface area contributed by atoms with Gasteiger partial charge in [0.25, 0.3) is 0 Å². The molecule has 0 aliphatic carbocycles. The minimum absolute atomic E-state index is 0.187. The number of amides is 1. The first-order valence-corrected chi connectivity index (χ1v) is 11.1. The number of thiophene rings is 1. The van der Waals surface area contributed by atoms with Crippen LogP contribution in [-0.2, 0) is 17.6 Å². The van der Waals surface area contributed by atoms with Crippen LogP contribution in [0.1, 0.15) is 37.1 Å². The standard InChI is InChI=1S/C22H26N4O2S/c27-20(9-4-8-17-6-2-1-3-7-17)25-13-11-18(12-14-25)16-19-23-24-22(28)26(19)21-10-5-15-29-21/h1-3,5-7,10,15,18H,4,8-9,11-14,16H2,(H,24,28). The van der Waals surface area contributed by atoms with E-state index < -0.39 is 0 Å². The van der Waals surface area contributed by atoms with Gasteiger partial charge in [0.1, 0.15) is 10.8 Å².